The number of amides is 1. The number of rotatable bonds is 4. The van der Waals surface area contributed by atoms with E-state index in [1.165, 1.54) is 30.5 Å². The smallest absolute Gasteiger partial charge is 0.259 e. The van der Waals surface area contributed by atoms with Gasteiger partial charge >= 0.3 is 0 Å². The maximum atomic E-state index is 12.3. The molecule has 0 heterocycles. The maximum absolute atomic E-state index is 12.3. The van der Waals surface area contributed by atoms with E-state index in [-0.39, 0.29) is 22.1 Å². The molecular weight excluding hydrogens is 387 g/mol. The molecule has 0 aliphatic heterocycles. The molecule has 0 fully saturated rings. The zero-order valence-corrected chi connectivity index (χ0v) is 15.4. The second-order valence-electron chi connectivity index (χ2n) is 5.61. The highest BCUT2D eigenvalue weighted by atomic mass is 35.5. The molecule has 3 N–H and O–H groups in total. The third-order valence-corrected chi connectivity index (χ3v) is 4.17. The van der Waals surface area contributed by atoms with E-state index < -0.39 is 5.91 Å². The zero-order chi connectivity index (χ0) is 19.4. The van der Waals surface area contributed by atoms with Crippen molar-refractivity contribution in [1.82, 2.24) is 0 Å². The molecule has 0 saturated carbocycles. The van der Waals surface area contributed by atoms with Gasteiger partial charge in [0, 0.05) is 22.5 Å². The fourth-order valence-corrected chi connectivity index (χ4v) is 2.87. The Labute approximate surface area is 165 Å². The van der Waals surface area contributed by atoms with Gasteiger partial charge in [-0.3, -0.25) is 9.79 Å². The third kappa shape index (κ3) is 4.58. The lowest BCUT2D eigenvalue weighted by atomic mass is 10.2. The number of phenolic OH excluding ortho intramolecular Hbond substituents is 2. The van der Waals surface area contributed by atoms with Crippen molar-refractivity contribution >= 4 is 46.7 Å². The van der Waals surface area contributed by atoms with Crippen molar-refractivity contribution in [3.63, 3.8) is 0 Å². The number of nitrogens with zero attached hydrogens (tertiary/aromatic N) is 1. The molecule has 27 heavy (non-hydrogen) atoms. The summed E-state index contributed by atoms with van der Waals surface area (Å²) in [5.74, 6) is -0.653. The number of anilines is 1. The summed E-state index contributed by atoms with van der Waals surface area (Å²) < 4.78 is 0. The Morgan fingerprint density at radius 3 is 2.56 bits per heavy atom. The summed E-state index contributed by atoms with van der Waals surface area (Å²) in [5, 5.41) is 22.9. The highest BCUT2D eigenvalue weighted by molar-refractivity contribution is 6.36. The molecule has 1 amide bonds. The van der Waals surface area contributed by atoms with Crippen molar-refractivity contribution in [3.05, 3.63) is 81.8 Å². The van der Waals surface area contributed by atoms with Gasteiger partial charge in [-0.05, 0) is 42.5 Å². The van der Waals surface area contributed by atoms with Crippen LogP contribution in [0.25, 0.3) is 0 Å². The number of nitrogens with one attached hydrogen (secondary N) is 1. The Morgan fingerprint density at radius 2 is 1.78 bits per heavy atom. The van der Waals surface area contributed by atoms with Gasteiger partial charge in [0.15, 0.2) is 0 Å². The number of phenols is 2. The summed E-state index contributed by atoms with van der Waals surface area (Å²) in [7, 11) is 0. The highest BCUT2D eigenvalue weighted by Gasteiger charge is 2.10. The molecule has 0 bridgehead atoms. The number of carbonyl (C=O) groups excluding carboxylic acids is 1. The van der Waals surface area contributed by atoms with E-state index in [9.17, 15) is 15.0 Å². The van der Waals surface area contributed by atoms with E-state index in [1.54, 1.807) is 36.4 Å². The Kier molecular flexibility index (Phi) is 5.64. The molecule has 0 aliphatic carbocycles. The monoisotopic (exact) mass is 400 g/mol. The van der Waals surface area contributed by atoms with Gasteiger partial charge in [0.2, 0.25) is 0 Å². The summed E-state index contributed by atoms with van der Waals surface area (Å²) in [5.41, 5.74) is 1.59. The van der Waals surface area contributed by atoms with Crippen LogP contribution < -0.4 is 5.32 Å². The first kappa shape index (κ1) is 18.8. The normalized spacial score (nSPS) is 10.9. The summed E-state index contributed by atoms with van der Waals surface area (Å²) in [6, 6.07) is 16.0. The predicted molar refractivity (Wildman–Crippen MR) is 108 cm³/mol. The standard InChI is InChI=1S/C20H14Cl2N2O3/c21-13-8-12(19(26)17(22)9-13)11-23-14-4-3-5-15(10-14)24-20(27)16-6-1-2-7-18(16)25/h1-11,25-26H,(H,24,27). The van der Waals surface area contributed by atoms with Crippen molar-refractivity contribution in [2.75, 3.05) is 5.32 Å². The van der Waals surface area contributed by atoms with Gasteiger partial charge in [-0.25, -0.2) is 0 Å². The molecule has 3 aromatic carbocycles. The maximum Gasteiger partial charge on any atom is 0.259 e. The largest absolute Gasteiger partial charge is 0.507 e. The topological polar surface area (TPSA) is 81.9 Å². The zero-order valence-electron chi connectivity index (χ0n) is 13.9. The van der Waals surface area contributed by atoms with E-state index in [2.05, 4.69) is 10.3 Å². The lowest BCUT2D eigenvalue weighted by molar-refractivity contribution is 0.102. The van der Waals surface area contributed by atoms with Gasteiger partial charge < -0.3 is 15.5 Å². The quantitative estimate of drug-likeness (QED) is 0.512. The van der Waals surface area contributed by atoms with Crippen LogP contribution in [-0.4, -0.2) is 22.3 Å². The number of para-hydroxylation sites is 1. The van der Waals surface area contributed by atoms with E-state index in [0.29, 0.717) is 22.0 Å². The molecule has 0 saturated heterocycles. The average Bonchev–Trinajstić information content (AvgIpc) is 2.64. The summed E-state index contributed by atoms with van der Waals surface area (Å²) >= 11 is 11.8. The number of hydrogen-bond acceptors (Lipinski definition) is 4. The van der Waals surface area contributed by atoms with E-state index in [4.69, 9.17) is 23.2 Å². The molecule has 0 atom stereocenters. The second-order valence-corrected chi connectivity index (χ2v) is 6.45. The van der Waals surface area contributed by atoms with Gasteiger partial charge in [0.1, 0.15) is 11.5 Å². The fraction of sp³-hybridized carbons (Fsp3) is 0. The number of carbonyl (C=O) groups is 1. The van der Waals surface area contributed by atoms with Gasteiger partial charge in [-0.1, -0.05) is 41.4 Å². The number of halogens is 2. The first-order valence-electron chi connectivity index (χ1n) is 7.85. The van der Waals surface area contributed by atoms with Gasteiger partial charge in [-0.2, -0.15) is 0 Å². The van der Waals surface area contributed by atoms with E-state index in [1.807, 2.05) is 0 Å². The van der Waals surface area contributed by atoms with Crippen LogP contribution in [0.15, 0.2) is 65.7 Å². The van der Waals surface area contributed by atoms with Crippen molar-refractivity contribution < 1.29 is 15.0 Å². The minimum Gasteiger partial charge on any atom is -0.507 e. The Hall–Kier alpha value is -3.02. The third-order valence-electron chi connectivity index (χ3n) is 3.66. The van der Waals surface area contributed by atoms with E-state index >= 15 is 0 Å². The van der Waals surface area contributed by atoms with Crippen LogP contribution in [0.1, 0.15) is 15.9 Å². The highest BCUT2D eigenvalue weighted by Crippen LogP contribution is 2.30. The molecule has 136 valence electrons. The lowest BCUT2D eigenvalue weighted by Crippen LogP contribution is -2.11. The number of aromatic hydroxyl groups is 2. The van der Waals surface area contributed by atoms with Crippen LogP contribution in [0.5, 0.6) is 11.5 Å². The van der Waals surface area contributed by atoms with E-state index in [0.717, 1.165) is 0 Å². The fourth-order valence-electron chi connectivity index (χ4n) is 2.36. The molecule has 0 radical (unpaired) electrons. The van der Waals surface area contributed by atoms with Crippen molar-refractivity contribution in [1.29, 1.82) is 0 Å². The van der Waals surface area contributed by atoms with Gasteiger partial charge in [0.05, 0.1) is 16.3 Å². The van der Waals surface area contributed by atoms with Crippen LogP contribution in [0.2, 0.25) is 10.0 Å². The number of aliphatic imine (C=N–C) groups is 1. The second kappa shape index (κ2) is 8.12. The molecule has 0 aromatic heterocycles. The predicted octanol–water partition coefficient (Wildman–Crippen LogP) is 5.41. The molecule has 3 rings (SSSR count). The number of hydrogen-bond donors (Lipinski definition) is 3. The van der Waals surface area contributed by atoms with Crippen LogP contribution in [0.4, 0.5) is 11.4 Å². The van der Waals surface area contributed by atoms with Crippen LogP contribution in [0.3, 0.4) is 0 Å². The molecule has 7 heteroatoms. The molecule has 0 aliphatic rings. The molecule has 5 nitrogen and oxygen atoms in total. The molecule has 3 aromatic rings. The van der Waals surface area contributed by atoms with Gasteiger partial charge in [-0.15, -0.1) is 0 Å². The summed E-state index contributed by atoms with van der Waals surface area (Å²) in [6.07, 6.45) is 1.43. The van der Waals surface area contributed by atoms with Crippen LogP contribution in [-0.2, 0) is 0 Å². The average molecular weight is 401 g/mol. The Morgan fingerprint density at radius 1 is 1.00 bits per heavy atom. The lowest BCUT2D eigenvalue weighted by Gasteiger charge is -2.07. The van der Waals surface area contributed by atoms with Crippen LogP contribution in [0, 0.1) is 0 Å². The number of benzene rings is 3. The van der Waals surface area contributed by atoms with Crippen LogP contribution >= 0.6 is 23.2 Å². The SMILES string of the molecule is O=C(Nc1cccc(N=Cc2cc(Cl)cc(Cl)c2O)c1)c1ccccc1O. The van der Waals surface area contributed by atoms with Crippen molar-refractivity contribution in [3.8, 4) is 11.5 Å². The summed E-state index contributed by atoms with van der Waals surface area (Å²) in [4.78, 5) is 16.5. The first-order valence-corrected chi connectivity index (χ1v) is 8.61. The minimum absolute atomic E-state index is 0.0996. The Balaban J connectivity index is 1.80. The molecule has 0 unspecified atom stereocenters. The molecule has 0 spiro atoms. The minimum atomic E-state index is -0.437. The van der Waals surface area contributed by atoms with Gasteiger partial charge in [0.25, 0.3) is 5.91 Å². The summed E-state index contributed by atoms with van der Waals surface area (Å²) in [6.45, 7) is 0. The Bertz CT molecular complexity index is 1040. The first-order chi connectivity index (χ1) is 12.9. The van der Waals surface area contributed by atoms with Crippen molar-refractivity contribution in [2.45, 2.75) is 0 Å². The van der Waals surface area contributed by atoms with Crippen molar-refractivity contribution in [2.24, 2.45) is 4.99 Å². The molecular formula is C20H14Cl2N2O3.